The Bertz CT molecular complexity index is 742. The Labute approximate surface area is 143 Å². The summed E-state index contributed by atoms with van der Waals surface area (Å²) in [5.41, 5.74) is -1.17. The number of hydrogen-bond acceptors (Lipinski definition) is 4. The van der Waals surface area contributed by atoms with E-state index in [0.29, 0.717) is 4.68 Å². The number of nitrogens with one attached hydrogen (secondary N) is 1. The highest BCUT2D eigenvalue weighted by molar-refractivity contribution is 7.15. The van der Waals surface area contributed by atoms with Gasteiger partial charge in [-0.15, -0.1) is 11.3 Å². The van der Waals surface area contributed by atoms with E-state index >= 15 is 0 Å². The number of carbonyl (C=O) groups is 1. The van der Waals surface area contributed by atoms with E-state index in [9.17, 15) is 22.4 Å². The first-order chi connectivity index (χ1) is 11.1. The van der Waals surface area contributed by atoms with Crippen molar-refractivity contribution in [3.8, 4) is 0 Å². The normalized spacial score (nSPS) is 12.9. The quantitative estimate of drug-likeness (QED) is 0.761. The number of thiazole rings is 1. The molecule has 2 heterocycles. The van der Waals surface area contributed by atoms with E-state index in [2.05, 4.69) is 15.4 Å². The lowest BCUT2D eigenvalue weighted by Crippen LogP contribution is -2.26. The molecule has 0 aromatic carbocycles. The second-order valence-corrected chi connectivity index (χ2v) is 6.54. The zero-order chi connectivity index (χ0) is 18.2. The van der Waals surface area contributed by atoms with Crippen LogP contribution in [0.2, 0.25) is 5.02 Å². The Hall–Kier alpha value is -1.68. The molecule has 0 aliphatic rings. The Morgan fingerprint density at radius 2 is 1.88 bits per heavy atom. The second-order valence-electron chi connectivity index (χ2n) is 4.96. The van der Waals surface area contributed by atoms with Crippen molar-refractivity contribution in [2.45, 2.75) is 39.7 Å². The molecule has 0 aliphatic carbocycles. The molecule has 0 spiro atoms. The molecule has 2 aromatic heterocycles. The van der Waals surface area contributed by atoms with Gasteiger partial charge in [-0.3, -0.25) is 4.79 Å². The van der Waals surface area contributed by atoms with Crippen LogP contribution in [-0.4, -0.2) is 20.7 Å². The van der Waals surface area contributed by atoms with Gasteiger partial charge in [0.05, 0.1) is 10.7 Å². The molecule has 24 heavy (non-hydrogen) atoms. The molecular formula is C13H13ClF4N4OS. The molecule has 2 aromatic rings. The molecule has 0 bridgehead atoms. The van der Waals surface area contributed by atoms with Crippen LogP contribution in [0.25, 0.3) is 0 Å². The average Bonchev–Trinajstić information content (AvgIpc) is 2.98. The zero-order valence-corrected chi connectivity index (χ0v) is 14.4. The van der Waals surface area contributed by atoms with Gasteiger partial charge in [-0.25, -0.2) is 27.2 Å². The molecule has 132 valence electrons. The number of aromatic nitrogens is 3. The molecule has 2 rings (SSSR count). The highest BCUT2D eigenvalue weighted by atomic mass is 35.5. The van der Waals surface area contributed by atoms with E-state index < -0.39 is 41.2 Å². The third-order valence-electron chi connectivity index (χ3n) is 3.33. The molecule has 11 heteroatoms. The Morgan fingerprint density at radius 3 is 2.33 bits per heavy atom. The van der Waals surface area contributed by atoms with E-state index in [-0.39, 0.29) is 5.13 Å². The van der Waals surface area contributed by atoms with Crippen LogP contribution in [0.4, 0.5) is 22.7 Å². The maximum Gasteiger partial charge on any atom is 0.283 e. The Balaban J connectivity index is 2.32. The predicted octanol–water partition coefficient (Wildman–Crippen LogP) is 4.68. The summed E-state index contributed by atoms with van der Waals surface area (Å²) >= 11 is 6.78. The SMILES string of the molecule is Cc1nc(NC(=O)C(C)n2nc(C(F)F)c(Cl)c2C(F)F)sc1C. The van der Waals surface area contributed by atoms with Gasteiger partial charge in [-0.1, -0.05) is 11.6 Å². The van der Waals surface area contributed by atoms with E-state index in [0.717, 1.165) is 10.6 Å². The lowest BCUT2D eigenvalue weighted by atomic mass is 10.3. The standard InChI is InChI=1S/C13H13ClF4N4OS/c1-4-6(3)24-13(19-4)20-12(23)5(2)22-9(11(17)18)7(14)8(21-22)10(15)16/h5,10-11H,1-3H3,(H,19,20,23). The molecule has 1 atom stereocenters. The lowest BCUT2D eigenvalue weighted by molar-refractivity contribution is -0.119. The fourth-order valence-corrected chi connectivity index (χ4v) is 3.03. The zero-order valence-electron chi connectivity index (χ0n) is 12.8. The number of rotatable bonds is 5. The van der Waals surface area contributed by atoms with Crippen LogP contribution >= 0.6 is 22.9 Å². The van der Waals surface area contributed by atoms with Crippen molar-refractivity contribution in [3.63, 3.8) is 0 Å². The maximum absolute atomic E-state index is 13.1. The minimum absolute atomic E-state index is 0.285. The van der Waals surface area contributed by atoms with Gasteiger partial charge in [0.25, 0.3) is 18.8 Å². The van der Waals surface area contributed by atoms with Crippen molar-refractivity contribution in [3.05, 3.63) is 27.0 Å². The van der Waals surface area contributed by atoms with Gasteiger partial charge in [-0.2, -0.15) is 5.10 Å². The number of alkyl halides is 4. The smallest absolute Gasteiger partial charge is 0.283 e. The highest BCUT2D eigenvalue weighted by Crippen LogP contribution is 2.36. The lowest BCUT2D eigenvalue weighted by Gasteiger charge is -2.14. The van der Waals surface area contributed by atoms with Gasteiger partial charge >= 0.3 is 0 Å². The van der Waals surface area contributed by atoms with Crippen LogP contribution in [0.3, 0.4) is 0 Å². The summed E-state index contributed by atoms with van der Waals surface area (Å²) < 4.78 is 52.5. The van der Waals surface area contributed by atoms with Crippen molar-refractivity contribution >= 4 is 34.0 Å². The van der Waals surface area contributed by atoms with Crippen molar-refractivity contribution < 1.29 is 22.4 Å². The van der Waals surface area contributed by atoms with Crippen LogP contribution in [-0.2, 0) is 4.79 Å². The van der Waals surface area contributed by atoms with Crippen molar-refractivity contribution in [1.82, 2.24) is 14.8 Å². The molecule has 1 N–H and O–H groups in total. The van der Waals surface area contributed by atoms with Gasteiger partial charge in [0.15, 0.2) is 5.13 Å². The Kier molecular flexibility index (Phi) is 5.49. The van der Waals surface area contributed by atoms with E-state index in [1.807, 2.05) is 6.92 Å². The number of anilines is 1. The molecule has 5 nitrogen and oxygen atoms in total. The first kappa shape index (κ1) is 18.7. The minimum Gasteiger partial charge on any atom is -0.300 e. The third kappa shape index (κ3) is 3.54. The highest BCUT2D eigenvalue weighted by Gasteiger charge is 2.32. The minimum atomic E-state index is -3.16. The summed E-state index contributed by atoms with van der Waals surface area (Å²) in [6.07, 6.45) is -6.28. The monoisotopic (exact) mass is 384 g/mol. The third-order valence-corrected chi connectivity index (χ3v) is 4.71. The topological polar surface area (TPSA) is 59.8 Å². The maximum atomic E-state index is 13.1. The fraction of sp³-hybridized carbons (Fsp3) is 0.462. The molecule has 1 amide bonds. The summed E-state index contributed by atoms with van der Waals surface area (Å²) in [5.74, 6) is -0.717. The second kappa shape index (κ2) is 7.06. The first-order valence-electron chi connectivity index (χ1n) is 6.72. The number of hydrogen-bond donors (Lipinski definition) is 1. The summed E-state index contributed by atoms with van der Waals surface area (Å²) in [5, 5.41) is 5.30. The molecule has 0 saturated carbocycles. The molecule has 0 radical (unpaired) electrons. The van der Waals surface area contributed by atoms with Crippen LogP contribution in [0, 0.1) is 13.8 Å². The summed E-state index contributed by atoms with van der Waals surface area (Å²) in [7, 11) is 0. The van der Waals surface area contributed by atoms with Gasteiger partial charge in [-0.05, 0) is 20.8 Å². The Morgan fingerprint density at radius 1 is 1.25 bits per heavy atom. The summed E-state index contributed by atoms with van der Waals surface area (Å²) in [4.78, 5) is 17.2. The molecule has 1 unspecified atom stereocenters. The van der Waals surface area contributed by atoms with Gasteiger partial charge in [0, 0.05) is 4.88 Å². The fourth-order valence-electron chi connectivity index (χ4n) is 1.92. The number of amides is 1. The van der Waals surface area contributed by atoms with Crippen molar-refractivity contribution in [1.29, 1.82) is 0 Å². The molecule has 0 saturated heterocycles. The number of carbonyl (C=O) groups excluding carboxylic acids is 1. The number of halogens is 5. The van der Waals surface area contributed by atoms with Crippen molar-refractivity contribution in [2.75, 3.05) is 5.32 Å². The molecular weight excluding hydrogens is 372 g/mol. The van der Waals surface area contributed by atoms with E-state index in [1.54, 1.807) is 6.92 Å². The summed E-state index contributed by atoms with van der Waals surface area (Å²) in [6.45, 7) is 4.82. The predicted molar refractivity (Wildman–Crippen MR) is 82.1 cm³/mol. The number of aryl methyl sites for hydroxylation is 2. The largest absolute Gasteiger partial charge is 0.300 e. The van der Waals surface area contributed by atoms with Gasteiger partial charge < -0.3 is 5.32 Å². The van der Waals surface area contributed by atoms with Crippen LogP contribution < -0.4 is 5.32 Å². The summed E-state index contributed by atoms with van der Waals surface area (Å²) in [6, 6.07) is -1.27. The first-order valence-corrected chi connectivity index (χ1v) is 7.91. The van der Waals surface area contributed by atoms with Gasteiger partial charge in [0.2, 0.25) is 0 Å². The molecule has 0 fully saturated rings. The van der Waals surface area contributed by atoms with Crippen molar-refractivity contribution in [2.24, 2.45) is 0 Å². The van der Waals surface area contributed by atoms with E-state index in [4.69, 9.17) is 11.6 Å². The van der Waals surface area contributed by atoms with Crippen LogP contribution in [0.15, 0.2) is 0 Å². The molecule has 0 aliphatic heterocycles. The average molecular weight is 385 g/mol. The van der Waals surface area contributed by atoms with E-state index in [1.165, 1.54) is 18.3 Å². The van der Waals surface area contributed by atoms with Crippen LogP contribution in [0.1, 0.15) is 47.8 Å². The van der Waals surface area contributed by atoms with Crippen LogP contribution in [0.5, 0.6) is 0 Å². The van der Waals surface area contributed by atoms with Gasteiger partial charge in [0.1, 0.15) is 17.4 Å². The number of nitrogens with zero attached hydrogens (tertiary/aromatic N) is 3.